The van der Waals surface area contributed by atoms with Gasteiger partial charge in [0.25, 0.3) is 0 Å². The Morgan fingerprint density at radius 3 is 1.52 bits per heavy atom. The largest absolute Gasteiger partial charge is 0.493 e. The van der Waals surface area contributed by atoms with Crippen LogP contribution >= 0.6 is 0 Å². The van der Waals surface area contributed by atoms with Gasteiger partial charge >= 0.3 is 0 Å². The van der Waals surface area contributed by atoms with Crippen LogP contribution in [0.4, 0.5) is 11.4 Å². The standard InChI is InChI=1S/C32H34N4O4/c1-35-15-11-23-27-21(9-13-33-23)19-25(37-3)31(29(27)35)39-17-7-5-6-8-18-40-32-26(38-4)20-22-10-14-34-24-12-16-36(2)30(32)28(22)24/h9-16,19-20H,5-8,17-18H2,1-4H3. The first-order valence-electron chi connectivity index (χ1n) is 13.7. The Labute approximate surface area is 234 Å². The molecule has 0 amide bonds. The van der Waals surface area contributed by atoms with Gasteiger partial charge in [0.2, 0.25) is 0 Å². The Hall–Kier alpha value is -4.46. The molecule has 206 valence electrons. The molecule has 6 rings (SSSR count). The van der Waals surface area contributed by atoms with Crippen LogP contribution in [0.2, 0.25) is 0 Å². The Balaban J connectivity index is 1.06. The topological polar surface area (TPSA) is 69.2 Å². The number of ether oxygens (including phenoxy) is 4. The molecule has 0 atom stereocenters. The van der Waals surface area contributed by atoms with Crippen LogP contribution in [-0.4, -0.2) is 51.5 Å². The van der Waals surface area contributed by atoms with Crippen LogP contribution in [0, 0.1) is 0 Å². The molecule has 8 nitrogen and oxygen atoms in total. The van der Waals surface area contributed by atoms with Gasteiger partial charge in [-0.1, -0.05) is 0 Å². The van der Waals surface area contributed by atoms with Gasteiger partial charge in [-0.3, -0.25) is 9.97 Å². The minimum absolute atomic E-state index is 0.610. The summed E-state index contributed by atoms with van der Waals surface area (Å²) < 4.78 is 24.1. The van der Waals surface area contributed by atoms with E-state index in [4.69, 9.17) is 18.9 Å². The maximum atomic E-state index is 6.33. The quantitative estimate of drug-likeness (QED) is 0.196. The summed E-state index contributed by atoms with van der Waals surface area (Å²) in [6.07, 6.45) is 15.7. The van der Waals surface area contributed by atoms with Gasteiger partial charge in [0.1, 0.15) is 0 Å². The van der Waals surface area contributed by atoms with Crippen LogP contribution in [0.5, 0.6) is 23.0 Å². The minimum Gasteiger partial charge on any atom is -0.493 e. The van der Waals surface area contributed by atoms with Gasteiger partial charge in [-0.25, -0.2) is 0 Å². The number of hydrogen-bond donors (Lipinski definition) is 0. The van der Waals surface area contributed by atoms with Gasteiger partial charge in [-0.2, -0.15) is 0 Å². The van der Waals surface area contributed by atoms with E-state index in [1.165, 1.54) is 0 Å². The number of benzene rings is 2. The van der Waals surface area contributed by atoms with Crippen LogP contribution in [0.15, 0.2) is 49.1 Å². The summed E-state index contributed by atoms with van der Waals surface area (Å²) in [5.41, 5.74) is 3.90. The molecule has 8 heteroatoms. The Morgan fingerprint density at radius 2 is 1.10 bits per heavy atom. The van der Waals surface area contributed by atoms with Crippen molar-refractivity contribution in [2.24, 2.45) is 0 Å². The molecule has 0 aliphatic carbocycles. The molecule has 0 fully saturated rings. The third-order valence-corrected chi connectivity index (χ3v) is 7.54. The van der Waals surface area contributed by atoms with Crippen LogP contribution < -0.4 is 28.7 Å². The van der Waals surface area contributed by atoms with Gasteiger partial charge in [-0.15, -0.1) is 0 Å². The number of aromatic nitrogens is 2. The van der Waals surface area contributed by atoms with Crippen molar-refractivity contribution >= 4 is 45.1 Å². The van der Waals surface area contributed by atoms with Crippen LogP contribution in [0.1, 0.15) is 37.1 Å². The fourth-order valence-electron chi connectivity index (χ4n) is 5.55. The fourth-order valence-corrected chi connectivity index (χ4v) is 5.55. The molecular formula is C32H34N4O4. The van der Waals surface area contributed by atoms with E-state index in [9.17, 15) is 0 Å². The molecule has 0 spiro atoms. The normalized spacial score (nSPS) is 13.3. The van der Waals surface area contributed by atoms with E-state index in [1.807, 2.05) is 75.3 Å². The zero-order valence-corrected chi connectivity index (χ0v) is 23.4. The lowest BCUT2D eigenvalue weighted by Crippen LogP contribution is -2.15. The van der Waals surface area contributed by atoms with Crippen molar-refractivity contribution in [3.05, 3.63) is 60.4 Å². The lowest BCUT2D eigenvalue weighted by molar-refractivity contribution is 0.272. The summed E-state index contributed by atoms with van der Waals surface area (Å²) in [5, 5.41) is 4.36. The highest BCUT2D eigenvalue weighted by molar-refractivity contribution is 6.06. The van der Waals surface area contributed by atoms with Gasteiger partial charge in [0.15, 0.2) is 23.0 Å². The van der Waals surface area contributed by atoms with E-state index >= 15 is 0 Å². The van der Waals surface area contributed by atoms with Crippen molar-refractivity contribution in [3.8, 4) is 23.0 Å². The molecule has 2 aliphatic rings. The number of anilines is 2. The molecule has 2 aliphatic heterocycles. The first-order chi connectivity index (χ1) is 19.6. The molecule has 2 aromatic carbocycles. The Bertz CT molecular complexity index is 1510. The van der Waals surface area contributed by atoms with E-state index in [0.717, 1.165) is 93.0 Å². The number of pyridine rings is 2. The fraction of sp³-hybridized carbons (Fsp3) is 0.312. The molecule has 2 aromatic heterocycles. The third-order valence-electron chi connectivity index (χ3n) is 7.54. The number of unbranched alkanes of at least 4 members (excludes halogenated alkanes) is 3. The van der Waals surface area contributed by atoms with Crippen molar-refractivity contribution in [1.82, 2.24) is 9.97 Å². The van der Waals surface area contributed by atoms with Crippen LogP contribution in [0.25, 0.3) is 33.7 Å². The van der Waals surface area contributed by atoms with E-state index in [0.29, 0.717) is 13.2 Å². The second-order valence-electron chi connectivity index (χ2n) is 10.1. The number of nitrogens with zero attached hydrogens (tertiary/aromatic N) is 4. The molecule has 0 radical (unpaired) electrons. The average Bonchev–Trinajstić information content (AvgIpc) is 2.98. The summed E-state index contributed by atoms with van der Waals surface area (Å²) in [4.78, 5) is 13.2. The number of methoxy groups -OCH3 is 2. The van der Waals surface area contributed by atoms with Gasteiger partial charge in [-0.05, 0) is 72.9 Å². The average molecular weight is 539 g/mol. The lowest BCUT2D eigenvalue weighted by Gasteiger charge is -2.26. The van der Waals surface area contributed by atoms with E-state index in [1.54, 1.807) is 14.2 Å². The summed E-state index contributed by atoms with van der Waals surface area (Å²) in [6, 6.07) is 8.09. The van der Waals surface area contributed by atoms with Gasteiger partial charge in [0.05, 0.1) is 50.2 Å². The molecule has 0 unspecified atom stereocenters. The van der Waals surface area contributed by atoms with Crippen molar-refractivity contribution in [2.75, 3.05) is 51.3 Å². The zero-order chi connectivity index (χ0) is 27.6. The first kappa shape index (κ1) is 25.8. The van der Waals surface area contributed by atoms with Crippen molar-refractivity contribution in [2.45, 2.75) is 25.7 Å². The summed E-state index contributed by atoms with van der Waals surface area (Å²) in [5.74, 6) is 3.01. The molecule has 40 heavy (non-hydrogen) atoms. The number of hydrogen-bond acceptors (Lipinski definition) is 8. The Morgan fingerprint density at radius 1 is 0.650 bits per heavy atom. The maximum absolute atomic E-state index is 6.33. The highest BCUT2D eigenvalue weighted by Gasteiger charge is 2.24. The van der Waals surface area contributed by atoms with Gasteiger partial charge in [0, 0.05) is 49.7 Å². The summed E-state index contributed by atoms with van der Waals surface area (Å²) >= 11 is 0. The highest BCUT2D eigenvalue weighted by Crippen LogP contribution is 2.47. The molecule has 4 aromatic rings. The second kappa shape index (κ2) is 11.0. The summed E-state index contributed by atoms with van der Waals surface area (Å²) in [6.45, 7) is 1.22. The summed E-state index contributed by atoms with van der Waals surface area (Å²) in [7, 11) is 7.42. The van der Waals surface area contributed by atoms with Crippen molar-refractivity contribution in [3.63, 3.8) is 0 Å². The van der Waals surface area contributed by atoms with E-state index in [-0.39, 0.29) is 0 Å². The smallest absolute Gasteiger partial charge is 0.185 e. The van der Waals surface area contributed by atoms with Crippen LogP contribution in [0.3, 0.4) is 0 Å². The lowest BCUT2D eigenvalue weighted by atomic mass is 10.0. The molecule has 4 heterocycles. The molecular weight excluding hydrogens is 504 g/mol. The maximum Gasteiger partial charge on any atom is 0.185 e. The van der Waals surface area contributed by atoms with E-state index in [2.05, 4.69) is 19.8 Å². The van der Waals surface area contributed by atoms with E-state index < -0.39 is 0 Å². The molecule has 0 saturated carbocycles. The first-order valence-corrected chi connectivity index (χ1v) is 13.7. The number of rotatable bonds is 11. The predicted octanol–water partition coefficient (Wildman–Crippen LogP) is 6.66. The SMILES string of the molecule is COc1cc2ccnc3c2c(c1OCCCCCCOc1c(OC)cc2ccnc4c2c1N(C)C=C4)N(C)C=C3. The molecule has 0 N–H and O–H groups in total. The van der Waals surface area contributed by atoms with Crippen molar-refractivity contribution < 1.29 is 18.9 Å². The predicted molar refractivity (Wildman–Crippen MR) is 161 cm³/mol. The Kier molecular flexibility index (Phi) is 7.07. The second-order valence-corrected chi connectivity index (χ2v) is 10.1. The monoisotopic (exact) mass is 538 g/mol. The molecule has 0 saturated heterocycles. The highest BCUT2D eigenvalue weighted by atomic mass is 16.5. The molecule has 0 bridgehead atoms. The third kappa shape index (κ3) is 4.53. The van der Waals surface area contributed by atoms with Gasteiger partial charge < -0.3 is 28.7 Å². The van der Waals surface area contributed by atoms with Crippen LogP contribution in [-0.2, 0) is 0 Å². The van der Waals surface area contributed by atoms with Crippen molar-refractivity contribution in [1.29, 1.82) is 0 Å². The minimum atomic E-state index is 0.610. The zero-order valence-electron chi connectivity index (χ0n) is 23.4.